The van der Waals surface area contributed by atoms with Crippen molar-refractivity contribution in [1.29, 1.82) is 0 Å². The van der Waals surface area contributed by atoms with Crippen LogP contribution < -0.4 is 5.73 Å². The summed E-state index contributed by atoms with van der Waals surface area (Å²) >= 11 is 8.58. The van der Waals surface area contributed by atoms with Gasteiger partial charge in [-0.2, -0.15) is 0 Å². The first-order valence-electron chi connectivity index (χ1n) is 4.22. The molecule has 3 nitrogen and oxygen atoms in total. The number of hydrogen-bond donors (Lipinski definition) is 3. The van der Waals surface area contributed by atoms with Crippen molar-refractivity contribution >= 4 is 27.5 Å². The molecule has 1 rings (SSSR count). The van der Waals surface area contributed by atoms with Crippen LogP contribution in [-0.4, -0.2) is 22.7 Å². The SMILES string of the molecule is N[C@H](c1c(Br)ccc(Cl)c1O)C(F)(F)CO. The number of aliphatic hydroxyl groups excluding tert-OH is 1. The summed E-state index contributed by atoms with van der Waals surface area (Å²) in [6.45, 7) is -1.41. The fraction of sp³-hybridized carbons (Fsp3) is 0.333. The standard InChI is InChI=1S/C9H9BrClF2NO2/c10-4-1-2-5(11)7(16)6(4)8(14)9(12,13)3-15/h1-2,8,15-16H,3,14H2/t8-/m1/s1. The summed E-state index contributed by atoms with van der Waals surface area (Å²) in [4.78, 5) is 0. The van der Waals surface area contributed by atoms with Crippen molar-refractivity contribution in [3.05, 3.63) is 27.2 Å². The molecule has 0 saturated carbocycles. The number of rotatable bonds is 3. The van der Waals surface area contributed by atoms with E-state index in [9.17, 15) is 13.9 Å². The molecule has 90 valence electrons. The van der Waals surface area contributed by atoms with Crippen molar-refractivity contribution in [2.75, 3.05) is 6.61 Å². The van der Waals surface area contributed by atoms with Crippen molar-refractivity contribution in [3.63, 3.8) is 0 Å². The molecular weight excluding hydrogens is 307 g/mol. The Kier molecular flexibility index (Phi) is 4.12. The maximum absolute atomic E-state index is 13.2. The van der Waals surface area contributed by atoms with E-state index in [-0.39, 0.29) is 15.1 Å². The third kappa shape index (κ3) is 2.45. The normalized spacial score (nSPS) is 13.9. The van der Waals surface area contributed by atoms with Crippen LogP contribution in [0.2, 0.25) is 5.02 Å². The minimum Gasteiger partial charge on any atom is -0.506 e. The van der Waals surface area contributed by atoms with Gasteiger partial charge < -0.3 is 15.9 Å². The fourth-order valence-corrected chi connectivity index (χ4v) is 1.89. The van der Waals surface area contributed by atoms with Crippen LogP contribution in [0.15, 0.2) is 16.6 Å². The van der Waals surface area contributed by atoms with Crippen LogP contribution in [0.25, 0.3) is 0 Å². The van der Waals surface area contributed by atoms with Gasteiger partial charge in [0.05, 0.1) is 5.02 Å². The van der Waals surface area contributed by atoms with Gasteiger partial charge in [0.15, 0.2) is 0 Å². The maximum Gasteiger partial charge on any atom is 0.289 e. The summed E-state index contributed by atoms with van der Waals surface area (Å²) in [6, 6.07) is 0.893. The Bertz CT molecular complexity index is 403. The number of nitrogens with two attached hydrogens (primary N) is 1. The van der Waals surface area contributed by atoms with Gasteiger partial charge >= 0.3 is 0 Å². The van der Waals surface area contributed by atoms with E-state index >= 15 is 0 Å². The van der Waals surface area contributed by atoms with Crippen LogP contribution in [0.3, 0.4) is 0 Å². The van der Waals surface area contributed by atoms with Crippen LogP contribution in [-0.2, 0) is 0 Å². The first-order valence-corrected chi connectivity index (χ1v) is 5.39. The zero-order valence-corrected chi connectivity index (χ0v) is 10.3. The topological polar surface area (TPSA) is 66.5 Å². The summed E-state index contributed by atoms with van der Waals surface area (Å²) in [7, 11) is 0. The highest BCUT2D eigenvalue weighted by atomic mass is 79.9. The van der Waals surface area contributed by atoms with Crippen LogP contribution >= 0.6 is 27.5 Å². The molecule has 0 aromatic heterocycles. The van der Waals surface area contributed by atoms with E-state index in [1.807, 2.05) is 0 Å². The van der Waals surface area contributed by atoms with Gasteiger partial charge in [0.25, 0.3) is 5.92 Å². The van der Waals surface area contributed by atoms with Crippen molar-refractivity contribution < 1.29 is 19.0 Å². The van der Waals surface area contributed by atoms with Gasteiger partial charge in [0.2, 0.25) is 0 Å². The van der Waals surface area contributed by atoms with Crippen LogP contribution in [0, 0.1) is 0 Å². The molecule has 0 bridgehead atoms. The lowest BCUT2D eigenvalue weighted by Gasteiger charge is -2.23. The number of phenolic OH excluding ortho intramolecular Hbond substituents is 1. The van der Waals surface area contributed by atoms with E-state index in [1.165, 1.54) is 12.1 Å². The second-order valence-corrected chi connectivity index (χ2v) is 4.45. The Labute approximate surface area is 104 Å². The highest BCUT2D eigenvalue weighted by Crippen LogP contribution is 2.41. The third-order valence-electron chi connectivity index (χ3n) is 2.09. The minimum atomic E-state index is -3.54. The fourth-order valence-electron chi connectivity index (χ4n) is 1.16. The molecule has 0 aliphatic rings. The Morgan fingerprint density at radius 1 is 1.50 bits per heavy atom. The van der Waals surface area contributed by atoms with Crippen molar-refractivity contribution in [2.24, 2.45) is 5.73 Å². The van der Waals surface area contributed by atoms with Gasteiger partial charge in [0, 0.05) is 10.0 Å². The molecular formula is C9H9BrClF2NO2. The number of hydrogen-bond acceptors (Lipinski definition) is 3. The van der Waals surface area contributed by atoms with Gasteiger partial charge in [-0.3, -0.25) is 0 Å². The second kappa shape index (κ2) is 4.83. The Morgan fingerprint density at radius 2 is 2.06 bits per heavy atom. The molecule has 0 fully saturated rings. The van der Waals surface area contributed by atoms with Crippen LogP contribution in [0.1, 0.15) is 11.6 Å². The van der Waals surface area contributed by atoms with Crippen LogP contribution in [0.5, 0.6) is 5.75 Å². The third-order valence-corrected chi connectivity index (χ3v) is 3.09. The first-order chi connectivity index (χ1) is 7.31. The average Bonchev–Trinajstić information content (AvgIpc) is 2.24. The lowest BCUT2D eigenvalue weighted by atomic mass is 10.0. The smallest absolute Gasteiger partial charge is 0.289 e. The molecule has 0 spiro atoms. The maximum atomic E-state index is 13.2. The number of aromatic hydroxyl groups is 1. The van der Waals surface area contributed by atoms with Crippen molar-refractivity contribution in [3.8, 4) is 5.75 Å². The predicted octanol–water partition coefficient (Wildman–Crippen LogP) is 2.44. The van der Waals surface area contributed by atoms with Gasteiger partial charge in [-0.15, -0.1) is 0 Å². The lowest BCUT2D eigenvalue weighted by Crippen LogP contribution is -2.36. The molecule has 0 radical (unpaired) electrons. The summed E-state index contributed by atoms with van der Waals surface area (Å²) < 4.78 is 26.6. The highest BCUT2D eigenvalue weighted by molar-refractivity contribution is 9.10. The molecule has 7 heteroatoms. The summed E-state index contributed by atoms with van der Waals surface area (Å²) in [5, 5.41) is 18.0. The number of halogens is 4. The van der Waals surface area contributed by atoms with E-state index in [1.54, 1.807) is 0 Å². The van der Waals surface area contributed by atoms with E-state index < -0.39 is 24.3 Å². The van der Waals surface area contributed by atoms with E-state index in [4.69, 9.17) is 22.4 Å². The number of benzene rings is 1. The Hall–Kier alpha value is -0.430. The minimum absolute atomic E-state index is 0.0811. The molecule has 1 aromatic rings. The Balaban J connectivity index is 3.28. The number of phenols is 1. The highest BCUT2D eigenvalue weighted by Gasteiger charge is 2.40. The van der Waals surface area contributed by atoms with Crippen LogP contribution in [0.4, 0.5) is 8.78 Å². The number of aliphatic hydroxyl groups is 1. The van der Waals surface area contributed by atoms with Crippen molar-refractivity contribution in [1.82, 2.24) is 0 Å². The quantitative estimate of drug-likeness (QED) is 0.802. The average molecular weight is 317 g/mol. The molecule has 16 heavy (non-hydrogen) atoms. The molecule has 1 aromatic carbocycles. The van der Waals surface area contributed by atoms with Gasteiger partial charge in [-0.25, -0.2) is 8.78 Å². The predicted molar refractivity (Wildman–Crippen MR) is 59.8 cm³/mol. The summed E-state index contributed by atoms with van der Waals surface area (Å²) in [6.07, 6.45) is 0. The molecule has 0 heterocycles. The lowest BCUT2D eigenvalue weighted by molar-refractivity contribution is -0.0717. The molecule has 0 aliphatic carbocycles. The van der Waals surface area contributed by atoms with Gasteiger partial charge in [0.1, 0.15) is 18.4 Å². The monoisotopic (exact) mass is 315 g/mol. The zero-order valence-electron chi connectivity index (χ0n) is 7.92. The summed E-state index contributed by atoms with van der Waals surface area (Å²) in [5.41, 5.74) is 5.07. The molecule has 1 atom stereocenters. The Morgan fingerprint density at radius 3 is 2.56 bits per heavy atom. The van der Waals surface area contributed by atoms with Gasteiger partial charge in [-0.1, -0.05) is 27.5 Å². The second-order valence-electron chi connectivity index (χ2n) is 3.19. The summed E-state index contributed by atoms with van der Waals surface area (Å²) in [5.74, 6) is -4.05. The molecule has 0 amide bonds. The molecule has 0 saturated heterocycles. The van der Waals surface area contributed by atoms with E-state index in [2.05, 4.69) is 15.9 Å². The largest absolute Gasteiger partial charge is 0.506 e. The number of alkyl halides is 2. The molecule has 0 aliphatic heterocycles. The van der Waals surface area contributed by atoms with Crippen molar-refractivity contribution in [2.45, 2.75) is 12.0 Å². The van der Waals surface area contributed by atoms with E-state index in [0.29, 0.717) is 0 Å². The molecule has 0 unspecified atom stereocenters. The van der Waals surface area contributed by atoms with E-state index in [0.717, 1.165) is 0 Å². The zero-order chi connectivity index (χ0) is 12.5. The molecule has 4 N–H and O–H groups in total. The first kappa shape index (κ1) is 13.6. The van der Waals surface area contributed by atoms with Gasteiger partial charge in [-0.05, 0) is 12.1 Å².